The molecule has 4 nitrogen and oxygen atoms in total. The highest BCUT2D eigenvalue weighted by atomic mass is 19.4. The van der Waals surface area contributed by atoms with Gasteiger partial charge in [-0.25, -0.2) is 4.79 Å². The monoisotopic (exact) mass is 278 g/mol. The van der Waals surface area contributed by atoms with Crippen LogP contribution in [0.15, 0.2) is 18.2 Å². The topological polar surface area (TPSA) is 55.8 Å². The van der Waals surface area contributed by atoms with E-state index in [2.05, 4.69) is 4.74 Å². The van der Waals surface area contributed by atoms with Gasteiger partial charge in [0.25, 0.3) is 0 Å². The fraction of sp³-hybridized carbons (Fsp3) is 0.417. The number of phenolic OH excluding ortho intramolecular Hbond substituents is 1. The minimum absolute atomic E-state index is 0.228. The van der Waals surface area contributed by atoms with Crippen LogP contribution in [0.1, 0.15) is 31.1 Å². The molecule has 0 aromatic heterocycles. The molecule has 0 heterocycles. The zero-order chi connectivity index (χ0) is 14.8. The lowest BCUT2D eigenvalue weighted by Gasteiger charge is -2.19. The minimum atomic E-state index is -4.90. The Balaban J connectivity index is 3.00. The van der Waals surface area contributed by atoms with Crippen molar-refractivity contribution in [2.24, 2.45) is 0 Å². The number of carbonyl (C=O) groups excluding carboxylic acids is 1. The van der Waals surface area contributed by atoms with Crippen molar-refractivity contribution in [3.8, 4) is 11.5 Å². The molecule has 0 aliphatic rings. The Labute approximate surface area is 107 Å². The van der Waals surface area contributed by atoms with Gasteiger partial charge in [0.05, 0.1) is 5.56 Å². The lowest BCUT2D eigenvalue weighted by Crippen LogP contribution is -2.24. The van der Waals surface area contributed by atoms with Gasteiger partial charge < -0.3 is 14.6 Å². The number of esters is 1. The summed E-state index contributed by atoms with van der Waals surface area (Å²) in [5.41, 5.74) is -1.03. The number of phenols is 1. The SMILES string of the molecule is CC(C)(C)OC(=O)c1cc(O)cc(OC(F)(F)F)c1. The average Bonchev–Trinajstić information content (AvgIpc) is 2.10. The Kier molecular flexibility index (Phi) is 3.97. The Morgan fingerprint density at radius 2 is 1.74 bits per heavy atom. The molecule has 0 spiro atoms. The summed E-state index contributed by atoms with van der Waals surface area (Å²) in [6, 6.07) is 2.60. The Hall–Kier alpha value is -1.92. The quantitative estimate of drug-likeness (QED) is 0.844. The maximum absolute atomic E-state index is 12.1. The number of hydrogen-bond donors (Lipinski definition) is 1. The molecule has 0 saturated heterocycles. The van der Waals surface area contributed by atoms with E-state index in [0.717, 1.165) is 18.2 Å². The summed E-state index contributed by atoms with van der Waals surface area (Å²) < 4.78 is 44.8. The zero-order valence-electron chi connectivity index (χ0n) is 10.5. The molecular weight excluding hydrogens is 265 g/mol. The van der Waals surface area contributed by atoms with Crippen molar-refractivity contribution in [2.45, 2.75) is 32.7 Å². The van der Waals surface area contributed by atoms with Crippen LogP contribution in [0.3, 0.4) is 0 Å². The van der Waals surface area contributed by atoms with E-state index in [1.807, 2.05) is 0 Å². The molecule has 1 rings (SSSR count). The molecule has 7 heteroatoms. The van der Waals surface area contributed by atoms with Crippen molar-refractivity contribution >= 4 is 5.97 Å². The van der Waals surface area contributed by atoms with E-state index in [-0.39, 0.29) is 5.56 Å². The lowest BCUT2D eigenvalue weighted by molar-refractivity contribution is -0.274. The first-order valence-electron chi connectivity index (χ1n) is 5.29. The predicted molar refractivity (Wildman–Crippen MR) is 60.0 cm³/mol. The van der Waals surface area contributed by atoms with Crippen molar-refractivity contribution in [1.29, 1.82) is 0 Å². The van der Waals surface area contributed by atoms with Crippen LogP contribution in [0.2, 0.25) is 0 Å². The lowest BCUT2D eigenvalue weighted by atomic mass is 10.1. The molecular formula is C12H13F3O4. The largest absolute Gasteiger partial charge is 0.573 e. The maximum atomic E-state index is 12.1. The summed E-state index contributed by atoms with van der Waals surface area (Å²) in [6.07, 6.45) is -4.90. The maximum Gasteiger partial charge on any atom is 0.573 e. The van der Waals surface area contributed by atoms with E-state index >= 15 is 0 Å². The number of halogens is 3. The summed E-state index contributed by atoms with van der Waals surface area (Å²) in [6.45, 7) is 4.84. The van der Waals surface area contributed by atoms with Crippen LogP contribution in [0.4, 0.5) is 13.2 Å². The van der Waals surface area contributed by atoms with Crippen molar-refractivity contribution < 1.29 is 32.5 Å². The first-order chi connectivity index (χ1) is 8.46. The molecule has 0 bridgehead atoms. The number of ether oxygens (including phenoxy) is 2. The average molecular weight is 278 g/mol. The fourth-order valence-electron chi connectivity index (χ4n) is 1.23. The van der Waals surface area contributed by atoms with E-state index in [1.165, 1.54) is 0 Å². The van der Waals surface area contributed by atoms with Crippen LogP contribution in [0.25, 0.3) is 0 Å². The second-order valence-corrected chi connectivity index (χ2v) is 4.77. The van der Waals surface area contributed by atoms with Gasteiger partial charge in [-0.3, -0.25) is 0 Å². The van der Waals surface area contributed by atoms with E-state index in [4.69, 9.17) is 4.74 Å². The van der Waals surface area contributed by atoms with Crippen LogP contribution in [-0.4, -0.2) is 23.0 Å². The van der Waals surface area contributed by atoms with Crippen LogP contribution in [-0.2, 0) is 4.74 Å². The van der Waals surface area contributed by atoms with E-state index < -0.39 is 29.4 Å². The van der Waals surface area contributed by atoms with Crippen molar-refractivity contribution in [2.75, 3.05) is 0 Å². The van der Waals surface area contributed by atoms with Gasteiger partial charge in [-0.15, -0.1) is 13.2 Å². The van der Waals surface area contributed by atoms with Gasteiger partial charge in [0.1, 0.15) is 17.1 Å². The third kappa shape index (κ3) is 5.50. The second-order valence-electron chi connectivity index (χ2n) is 4.77. The predicted octanol–water partition coefficient (Wildman–Crippen LogP) is 3.25. The van der Waals surface area contributed by atoms with Gasteiger partial charge >= 0.3 is 12.3 Å². The summed E-state index contributed by atoms with van der Waals surface area (Å²) in [4.78, 5) is 11.7. The molecule has 1 N–H and O–H groups in total. The van der Waals surface area contributed by atoms with E-state index in [1.54, 1.807) is 20.8 Å². The molecule has 0 saturated carbocycles. The van der Waals surface area contributed by atoms with Crippen LogP contribution in [0.5, 0.6) is 11.5 Å². The number of alkyl halides is 3. The summed E-state index contributed by atoms with van der Waals surface area (Å²) in [5, 5.41) is 9.28. The molecule has 0 aliphatic carbocycles. The smallest absolute Gasteiger partial charge is 0.508 e. The molecule has 0 amide bonds. The first-order valence-corrected chi connectivity index (χ1v) is 5.29. The number of benzene rings is 1. The number of aromatic hydroxyl groups is 1. The summed E-state index contributed by atoms with van der Waals surface area (Å²) in [5.74, 6) is -2.06. The summed E-state index contributed by atoms with van der Waals surface area (Å²) >= 11 is 0. The Morgan fingerprint density at radius 1 is 1.16 bits per heavy atom. The highest BCUT2D eigenvalue weighted by Crippen LogP contribution is 2.28. The Morgan fingerprint density at radius 3 is 2.21 bits per heavy atom. The number of carbonyl (C=O) groups is 1. The zero-order valence-corrected chi connectivity index (χ0v) is 10.5. The third-order valence-corrected chi connectivity index (χ3v) is 1.76. The van der Waals surface area contributed by atoms with E-state index in [9.17, 15) is 23.1 Å². The molecule has 0 unspecified atom stereocenters. The minimum Gasteiger partial charge on any atom is -0.508 e. The molecule has 0 atom stereocenters. The van der Waals surface area contributed by atoms with Crippen molar-refractivity contribution in [1.82, 2.24) is 0 Å². The van der Waals surface area contributed by atoms with Gasteiger partial charge in [0.2, 0.25) is 0 Å². The number of hydrogen-bond acceptors (Lipinski definition) is 4. The molecule has 19 heavy (non-hydrogen) atoms. The van der Waals surface area contributed by atoms with Gasteiger partial charge in [0, 0.05) is 6.07 Å². The molecule has 0 radical (unpaired) electrons. The second kappa shape index (κ2) is 4.99. The van der Waals surface area contributed by atoms with Gasteiger partial charge in [-0.1, -0.05) is 0 Å². The normalized spacial score (nSPS) is 12.1. The highest BCUT2D eigenvalue weighted by Gasteiger charge is 2.31. The molecule has 106 valence electrons. The van der Waals surface area contributed by atoms with Crippen LogP contribution >= 0.6 is 0 Å². The Bertz CT molecular complexity index is 475. The first kappa shape index (κ1) is 15.1. The summed E-state index contributed by atoms with van der Waals surface area (Å²) in [7, 11) is 0. The highest BCUT2D eigenvalue weighted by molar-refractivity contribution is 5.90. The standard InChI is InChI=1S/C12H13F3O4/c1-11(2,3)19-10(17)7-4-8(16)6-9(5-7)18-12(13,14)15/h4-6,16H,1-3H3. The molecule has 0 fully saturated rings. The van der Waals surface area contributed by atoms with Gasteiger partial charge in [0.15, 0.2) is 0 Å². The van der Waals surface area contributed by atoms with Crippen LogP contribution < -0.4 is 4.74 Å². The van der Waals surface area contributed by atoms with Crippen LogP contribution in [0, 0.1) is 0 Å². The van der Waals surface area contributed by atoms with Crippen molar-refractivity contribution in [3.05, 3.63) is 23.8 Å². The van der Waals surface area contributed by atoms with E-state index in [0.29, 0.717) is 0 Å². The molecule has 0 aliphatic heterocycles. The number of rotatable bonds is 2. The third-order valence-electron chi connectivity index (χ3n) is 1.76. The molecule has 1 aromatic carbocycles. The van der Waals surface area contributed by atoms with Crippen molar-refractivity contribution in [3.63, 3.8) is 0 Å². The fourth-order valence-corrected chi connectivity index (χ4v) is 1.23. The van der Waals surface area contributed by atoms with Gasteiger partial charge in [-0.05, 0) is 32.9 Å². The molecule has 1 aromatic rings. The van der Waals surface area contributed by atoms with Gasteiger partial charge in [-0.2, -0.15) is 0 Å².